The third-order valence-corrected chi connectivity index (χ3v) is 7.17. The van der Waals surface area contributed by atoms with Gasteiger partial charge in [-0.2, -0.15) is 0 Å². The van der Waals surface area contributed by atoms with Gasteiger partial charge in [-0.05, 0) is 25.8 Å². The molecule has 0 aliphatic carbocycles. The number of aliphatic hydroxyl groups is 9. The Labute approximate surface area is 234 Å². The van der Waals surface area contributed by atoms with Gasteiger partial charge in [-0.25, -0.2) is 4.79 Å². The van der Waals surface area contributed by atoms with Crippen LogP contribution >= 0.6 is 0 Å². The molecule has 3 aliphatic rings. The van der Waals surface area contributed by atoms with E-state index in [1.807, 2.05) is 0 Å². The zero-order valence-electron chi connectivity index (χ0n) is 22.0. The van der Waals surface area contributed by atoms with E-state index >= 15 is 0 Å². The summed E-state index contributed by atoms with van der Waals surface area (Å²) in [7, 11) is 0. The third-order valence-electron chi connectivity index (χ3n) is 7.17. The predicted molar refractivity (Wildman–Crippen MR) is 128 cm³/mol. The van der Waals surface area contributed by atoms with E-state index in [1.165, 1.54) is 0 Å². The highest BCUT2D eigenvalue weighted by Crippen LogP contribution is 2.32. The Kier molecular flexibility index (Phi) is 13.0. The first kappa shape index (κ1) is 34.3. The molecule has 0 spiro atoms. The molecule has 0 aromatic rings. The quantitative estimate of drug-likeness (QED) is 0.0872. The second-order valence-corrected chi connectivity index (χ2v) is 10.1. The minimum absolute atomic E-state index is 0.168. The van der Waals surface area contributed by atoms with Gasteiger partial charge in [0.05, 0.1) is 13.2 Å². The summed E-state index contributed by atoms with van der Waals surface area (Å²) < 4.78 is 32.5. The van der Waals surface area contributed by atoms with Gasteiger partial charge in [-0.1, -0.05) is 0 Å². The molecule has 41 heavy (non-hydrogen) atoms. The molecule has 240 valence electrons. The van der Waals surface area contributed by atoms with E-state index in [2.05, 4.69) is 0 Å². The van der Waals surface area contributed by atoms with Crippen molar-refractivity contribution in [2.45, 2.75) is 111 Å². The van der Waals surface area contributed by atoms with Gasteiger partial charge in [0.2, 0.25) is 0 Å². The van der Waals surface area contributed by atoms with Crippen molar-refractivity contribution in [1.29, 1.82) is 0 Å². The first-order valence-electron chi connectivity index (χ1n) is 13.3. The molecule has 18 nitrogen and oxygen atoms in total. The number of carboxylic acids is 1. The van der Waals surface area contributed by atoms with Crippen molar-refractivity contribution < 1.29 is 84.3 Å². The Morgan fingerprint density at radius 3 is 1.83 bits per heavy atom. The Morgan fingerprint density at radius 1 is 0.634 bits per heavy atom. The van der Waals surface area contributed by atoms with Crippen molar-refractivity contribution in [2.75, 3.05) is 26.4 Å². The summed E-state index contributed by atoms with van der Waals surface area (Å²) >= 11 is 0. The maximum absolute atomic E-state index is 11.4. The van der Waals surface area contributed by atoms with Crippen molar-refractivity contribution in [1.82, 2.24) is 0 Å². The maximum Gasteiger partial charge on any atom is 0.335 e. The number of unbranched alkanes of at least 4 members (excludes halogenated alkanes) is 2. The molecule has 12 N–H and O–H groups in total. The number of ether oxygens (including phenoxy) is 6. The van der Waals surface area contributed by atoms with Crippen LogP contribution in [0.4, 0.5) is 0 Å². The Hall–Kier alpha value is -1.17. The fraction of sp³-hybridized carbons (Fsp3) is 0.957. The summed E-state index contributed by atoms with van der Waals surface area (Å²) in [5, 5.41) is 102. The fourth-order valence-electron chi connectivity index (χ4n) is 4.78. The third kappa shape index (κ3) is 7.87. The molecule has 0 saturated carbocycles. The minimum atomic E-state index is -2.04. The van der Waals surface area contributed by atoms with Crippen LogP contribution < -0.4 is 5.73 Å². The van der Waals surface area contributed by atoms with Crippen molar-refractivity contribution in [3.8, 4) is 0 Å². The summed E-state index contributed by atoms with van der Waals surface area (Å²) in [6, 6.07) is 0. The molecule has 0 aromatic carbocycles. The van der Waals surface area contributed by atoms with Crippen LogP contribution in [0.25, 0.3) is 0 Å². The number of rotatable bonds is 13. The molecular formula is C23H41NO17. The first-order valence-corrected chi connectivity index (χ1v) is 13.3. The van der Waals surface area contributed by atoms with Crippen LogP contribution in [0.15, 0.2) is 0 Å². The van der Waals surface area contributed by atoms with Crippen molar-refractivity contribution in [3.63, 3.8) is 0 Å². The summed E-state index contributed by atoms with van der Waals surface area (Å²) in [6.07, 6.45) is -24.5. The zero-order chi connectivity index (χ0) is 30.4. The predicted octanol–water partition coefficient (Wildman–Crippen LogP) is -6.33. The summed E-state index contributed by atoms with van der Waals surface area (Å²) in [6.45, 7) is -0.906. The molecule has 3 rings (SSSR count). The van der Waals surface area contributed by atoms with Crippen LogP contribution in [0, 0.1) is 0 Å². The van der Waals surface area contributed by atoms with Crippen LogP contribution in [0.3, 0.4) is 0 Å². The second kappa shape index (κ2) is 15.5. The van der Waals surface area contributed by atoms with Crippen LogP contribution in [-0.4, -0.2) is 176 Å². The number of aliphatic carboxylic acids is 1. The monoisotopic (exact) mass is 603 g/mol. The molecule has 3 heterocycles. The first-order chi connectivity index (χ1) is 19.5. The van der Waals surface area contributed by atoms with Crippen molar-refractivity contribution in [2.24, 2.45) is 5.73 Å². The molecule has 3 aliphatic heterocycles. The molecule has 0 aromatic heterocycles. The van der Waals surface area contributed by atoms with E-state index in [1.54, 1.807) is 0 Å². The highest BCUT2D eigenvalue weighted by Gasteiger charge is 2.54. The zero-order valence-corrected chi connectivity index (χ0v) is 22.0. The highest BCUT2D eigenvalue weighted by molar-refractivity contribution is 5.73. The van der Waals surface area contributed by atoms with Crippen LogP contribution in [0.5, 0.6) is 0 Å². The van der Waals surface area contributed by atoms with Gasteiger partial charge in [-0.3, -0.25) is 0 Å². The smallest absolute Gasteiger partial charge is 0.335 e. The lowest BCUT2D eigenvalue weighted by molar-refractivity contribution is -0.378. The number of hydrogen-bond donors (Lipinski definition) is 11. The average Bonchev–Trinajstić information content (AvgIpc) is 2.95. The van der Waals surface area contributed by atoms with E-state index in [4.69, 9.17) is 34.2 Å². The largest absolute Gasteiger partial charge is 0.479 e. The second-order valence-electron chi connectivity index (χ2n) is 10.1. The molecule has 0 bridgehead atoms. The molecule has 3 fully saturated rings. The highest BCUT2D eigenvalue weighted by atomic mass is 16.8. The molecule has 0 unspecified atom stereocenters. The van der Waals surface area contributed by atoms with E-state index in [0.29, 0.717) is 13.0 Å². The van der Waals surface area contributed by atoms with Crippen molar-refractivity contribution >= 4 is 5.97 Å². The normalized spacial score (nSPS) is 45.5. The summed E-state index contributed by atoms with van der Waals surface area (Å²) in [5.41, 5.74) is 5.44. The average molecular weight is 604 g/mol. The van der Waals surface area contributed by atoms with E-state index in [-0.39, 0.29) is 6.61 Å². The van der Waals surface area contributed by atoms with Gasteiger partial charge in [-0.15, -0.1) is 0 Å². The lowest BCUT2D eigenvalue weighted by atomic mass is 9.96. The molecule has 15 atom stereocenters. The van der Waals surface area contributed by atoms with E-state index in [0.717, 1.165) is 12.8 Å². The number of nitrogens with two attached hydrogens (primary N) is 1. The Bertz CT molecular complexity index is 808. The van der Waals surface area contributed by atoms with E-state index in [9.17, 15) is 55.9 Å². The SMILES string of the molecule is NCCCCCO[C@@H]1O[C@H](CO)[C@@H](O[C@@H]2O[C@H](CO)[C@H](O)[C@H](O[C@@H]3O[C@H](C(=O)O)[C@@H](O)[C@H](O)[C@H]3O)[C@H]2O)[C@H](O)[C@H]1O. The number of aliphatic hydroxyl groups excluding tert-OH is 9. The van der Waals surface area contributed by atoms with Crippen molar-refractivity contribution in [3.05, 3.63) is 0 Å². The van der Waals surface area contributed by atoms with Crippen LogP contribution in [-0.2, 0) is 33.2 Å². The Morgan fingerprint density at radius 2 is 1.22 bits per heavy atom. The number of carbonyl (C=O) groups is 1. The molecule has 0 amide bonds. The topological polar surface area (TPSA) is 301 Å². The Balaban J connectivity index is 1.72. The van der Waals surface area contributed by atoms with Gasteiger partial charge in [0.1, 0.15) is 67.1 Å². The standard InChI is InChI=1S/C23H41NO17/c24-4-2-1-3-5-36-21-15(32)13(30)17(9(7-26)38-21)39-23-16(33)18(10(27)8(6-25)37-23)40-22-14(31)11(28)12(29)19(41-22)20(34)35/h8-19,21-23,25-33H,1-7,24H2,(H,34,35)/t8-,9-,10+,11+,12+,13-,14-,15-,16-,17-,18+,19+,21-,22-,23+/m1/s1. The van der Waals surface area contributed by atoms with Crippen LogP contribution in [0.1, 0.15) is 19.3 Å². The van der Waals surface area contributed by atoms with Gasteiger partial charge >= 0.3 is 5.97 Å². The van der Waals surface area contributed by atoms with Gasteiger partial charge < -0.3 is 85.2 Å². The summed E-state index contributed by atoms with van der Waals surface area (Å²) in [4.78, 5) is 11.4. The maximum atomic E-state index is 11.4. The van der Waals surface area contributed by atoms with Gasteiger partial charge in [0.25, 0.3) is 0 Å². The lowest BCUT2D eigenvalue weighted by Gasteiger charge is -2.48. The number of carboxylic acid groups (broad SMARTS) is 1. The van der Waals surface area contributed by atoms with Gasteiger partial charge in [0.15, 0.2) is 25.0 Å². The molecule has 0 radical (unpaired) electrons. The van der Waals surface area contributed by atoms with Crippen LogP contribution in [0.2, 0.25) is 0 Å². The van der Waals surface area contributed by atoms with E-state index < -0.39 is 111 Å². The molecule has 3 saturated heterocycles. The summed E-state index contributed by atoms with van der Waals surface area (Å²) in [5.74, 6) is -1.70. The minimum Gasteiger partial charge on any atom is -0.479 e. The number of hydrogen-bond acceptors (Lipinski definition) is 17. The fourth-order valence-corrected chi connectivity index (χ4v) is 4.78. The lowest BCUT2D eigenvalue weighted by Crippen LogP contribution is -2.67. The molecular weight excluding hydrogens is 562 g/mol. The molecule has 18 heteroatoms. The van der Waals surface area contributed by atoms with Gasteiger partial charge in [0, 0.05) is 6.61 Å².